The van der Waals surface area contributed by atoms with E-state index in [1.54, 1.807) is 13.8 Å². The quantitative estimate of drug-likeness (QED) is 0.859. The number of methoxy groups -OCH3 is 1. The molecule has 1 saturated heterocycles. The SMILES string of the molecule is COC(=O)C(C)(C)Oc1cccc([C@H]2CCCNC2)c1. The molecule has 4 heteroatoms. The lowest BCUT2D eigenvalue weighted by atomic mass is 9.91. The first-order chi connectivity index (χ1) is 9.53. The number of ether oxygens (including phenoxy) is 2. The van der Waals surface area contributed by atoms with Gasteiger partial charge in [-0.05, 0) is 56.8 Å². The highest BCUT2D eigenvalue weighted by atomic mass is 16.6. The monoisotopic (exact) mass is 277 g/mol. The van der Waals surface area contributed by atoms with Gasteiger partial charge in [-0.2, -0.15) is 0 Å². The fraction of sp³-hybridized carbons (Fsp3) is 0.562. The van der Waals surface area contributed by atoms with Crippen LogP contribution in [-0.4, -0.2) is 31.8 Å². The summed E-state index contributed by atoms with van der Waals surface area (Å²) in [6.45, 7) is 5.53. The molecule has 1 N–H and O–H groups in total. The van der Waals surface area contributed by atoms with E-state index in [-0.39, 0.29) is 5.97 Å². The van der Waals surface area contributed by atoms with E-state index in [4.69, 9.17) is 9.47 Å². The minimum absolute atomic E-state index is 0.373. The smallest absolute Gasteiger partial charge is 0.349 e. The summed E-state index contributed by atoms with van der Waals surface area (Å²) in [5.74, 6) is 0.860. The van der Waals surface area contributed by atoms with Crippen LogP contribution in [0.2, 0.25) is 0 Å². The van der Waals surface area contributed by atoms with Gasteiger partial charge in [0.1, 0.15) is 5.75 Å². The van der Waals surface area contributed by atoms with Crippen LogP contribution in [0.3, 0.4) is 0 Å². The molecular weight excluding hydrogens is 254 g/mol. The Morgan fingerprint density at radius 1 is 1.40 bits per heavy atom. The van der Waals surface area contributed by atoms with Crippen molar-refractivity contribution in [1.29, 1.82) is 0 Å². The summed E-state index contributed by atoms with van der Waals surface area (Å²) in [5.41, 5.74) is 0.286. The van der Waals surface area contributed by atoms with Crippen molar-refractivity contribution in [3.8, 4) is 5.75 Å². The van der Waals surface area contributed by atoms with Crippen LogP contribution >= 0.6 is 0 Å². The number of hydrogen-bond acceptors (Lipinski definition) is 4. The van der Waals surface area contributed by atoms with Crippen molar-refractivity contribution in [3.05, 3.63) is 29.8 Å². The highest BCUT2D eigenvalue weighted by molar-refractivity contribution is 5.78. The predicted molar refractivity (Wildman–Crippen MR) is 78.0 cm³/mol. The van der Waals surface area contributed by atoms with E-state index in [9.17, 15) is 4.79 Å². The number of esters is 1. The van der Waals surface area contributed by atoms with Crippen molar-refractivity contribution in [2.24, 2.45) is 0 Å². The molecule has 2 rings (SSSR count). The average molecular weight is 277 g/mol. The van der Waals surface area contributed by atoms with Gasteiger partial charge in [-0.25, -0.2) is 4.79 Å². The van der Waals surface area contributed by atoms with Crippen LogP contribution in [0.25, 0.3) is 0 Å². The van der Waals surface area contributed by atoms with E-state index >= 15 is 0 Å². The van der Waals surface area contributed by atoms with Gasteiger partial charge >= 0.3 is 5.97 Å². The molecule has 1 atom stereocenters. The summed E-state index contributed by atoms with van der Waals surface area (Å²) in [6.07, 6.45) is 2.39. The van der Waals surface area contributed by atoms with Gasteiger partial charge in [0.05, 0.1) is 7.11 Å². The normalized spacial score (nSPS) is 19.4. The second-order valence-electron chi connectivity index (χ2n) is 5.72. The molecule has 1 aromatic rings. The van der Waals surface area contributed by atoms with Crippen molar-refractivity contribution in [2.75, 3.05) is 20.2 Å². The maximum atomic E-state index is 11.7. The maximum absolute atomic E-state index is 11.7. The Labute approximate surface area is 120 Å². The second-order valence-corrected chi connectivity index (χ2v) is 5.72. The van der Waals surface area contributed by atoms with Crippen LogP contribution in [0, 0.1) is 0 Å². The Hall–Kier alpha value is -1.55. The van der Waals surface area contributed by atoms with Gasteiger partial charge in [0.2, 0.25) is 0 Å². The van der Waals surface area contributed by atoms with Crippen LogP contribution in [0.15, 0.2) is 24.3 Å². The Morgan fingerprint density at radius 3 is 2.85 bits per heavy atom. The van der Waals surface area contributed by atoms with Crippen molar-refractivity contribution >= 4 is 5.97 Å². The highest BCUT2D eigenvalue weighted by Crippen LogP contribution is 2.28. The van der Waals surface area contributed by atoms with Crippen LogP contribution in [0.4, 0.5) is 0 Å². The third-order valence-corrected chi connectivity index (χ3v) is 3.68. The lowest BCUT2D eigenvalue weighted by Crippen LogP contribution is -2.39. The number of piperidine rings is 1. The van der Waals surface area contributed by atoms with E-state index in [1.165, 1.54) is 25.5 Å². The largest absolute Gasteiger partial charge is 0.476 e. The first kappa shape index (κ1) is 14.9. The molecule has 1 fully saturated rings. The molecule has 0 radical (unpaired) electrons. The summed E-state index contributed by atoms with van der Waals surface area (Å²) < 4.78 is 10.6. The fourth-order valence-corrected chi connectivity index (χ4v) is 2.55. The maximum Gasteiger partial charge on any atom is 0.349 e. The van der Waals surface area contributed by atoms with E-state index in [1.807, 2.05) is 18.2 Å². The van der Waals surface area contributed by atoms with Crippen molar-refractivity contribution < 1.29 is 14.3 Å². The number of carbonyl (C=O) groups is 1. The van der Waals surface area contributed by atoms with Crippen LogP contribution in [-0.2, 0) is 9.53 Å². The van der Waals surface area contributed by atoms with Crippen LogP contribution in [0.1, 0.15) is 38.2 Å². The molecule has 20 heavy (non-hydrogen) atoms. The van der Waals surface area contributed by atoms with Crippen LogP contribution in [0.5, 0.6) is 5.75 Å². The van der Waals surface area contributed by atoms with E-state index in [2.05, 4.69) is 11.4 Å². The number of rotatable bonds is 4. The van der Waals surface area contributed by atoms with E-state index < -0.39 is 5.60 Å². The van der Waals surface area contributed by atoms with Crippen LogP contribution < -0.4 is 10.1 Å². The number of nitrogens with one attached hydrogen (secondary N) is 1. The number of hydrogen-bond donors (Lipinski definition) is 1. The van der Waals surface area contributed by atoms with Crippen molar-refractivity contribution in [1.82, 2.24) is 5.32 Å². The molecule has 1 aromatic carbocycles. The summed E-state index contributed by atoms with van der Waals surface area (Å²) in [7, 11) is 1.37. The molecule has 0 aromatic heterocycles. The zero-order valence-corrected chi connectivity index (χ0v) is 12.4. The lowest BCUT2D eigenvalue weighted by molar-refractivity contribution is -0.156. The number of carbonyl (C=O) groups excluding carboxylic acids is 1. The van der Waals surface area contributed by atoms with Gasteiger partial charge in [0, 0.05) is 6.54 Å². The van der Waals surface area contributed by atoms with E-state index in [0.717, 1.165) is 13.1 Å². The molecular formula is C16H23NO3. The first-order valence-electron chi connectivity index (χ1n) is 7.11. The van der Waals surface area contributed by atoms with E-state index in [0.29, 0.717) is 11.7 Å². The van der Waals surface area contributed by atoms with Crippen molar-refractivity contribution in [3.63, 3.8) is 0 Å². The molecule has 1 heterocycles. The van der Waals surface area contributed by atoms with Gasteiger partial charge in [0.25, 0.3) is 0 Å². The first-order valence-corrected chi connectivity index (χ1v) is 7.11. The zero-order chi connectivity index (χ0) is 14.6. The standard InChI is InChI=1S/C16H23NO3/c1-16(2,15(18)19-3)20-14-8-4-6-12(10-14)13-7-5-9-17-11-13/h4,6,8,10,13,17H,5,7,9,11H2,1-3H3/t13-/m0/s1. The predicted octanol–water partition coefficient (Wildman–Crippen LogP) is 2.48. The summed E-state index contributed by atoms with van der Waals surface area (Å²) in [6, 6.07) is 8.01. The molecule has 0 saturated carbocycles. The molecule has 0 bridgehead atoms. The minimum Gasteiger partial charge on any atom is -0.476 e. The Kier molecular flexibility index (Phi) is 4.65. The molecule has 0 spiro atoms. The second kappa shape index (κ2) is 6.27. The molecule has 0 aliphatic carbocycles. The Balaban J connectivity index is 2.11. The van der Waals surface area contributed by atoms with Gasteiger partial charge in [-0.1, -0.05) is 12.1 Å². The zero-order valence-electron chi connectivity index (χ0n) is 12.4. The third-order valence-electron chi connectivity index (χ3n) is 3.68. The topological polar surface area (TPSA) is 47.6 Å². The van der Waals surface area contributed by atoms with Gasteiger partial charge < -0.3 is 14.8 Å². The molecule has 1 aliphatic rings. The molecule has 0 unspecified atom stereocenters. The molecule has 110 valence electrons. The highest BCUT2D eigenvalue weighted by Gasteiger charge is 2.31. The average Bonchev–Trinajstić information content (AvgIpc) is 2.47. The van der Waals surface area contributed by atoms with Crippen molar-refractivity contribution in [2.45, 2.75) is 38.2 Å². The number of benzene rings is 1. The summed E-state index contributed by atoms with van der Waals surface area (Å²) in [4.78, 5) is 11.7. The lowest BCUT2D eigenvalue weighted by Gasteiger charge is -2.26. The van der Waals surface area contributed by atoms with Gasteiger partial charge in [-0.3, -0.25) is 0 Å². The van der Waals surface area contributed by atoms with Gasteiger partial charge in [-0.15, -0.1) is 0 Å². The van der Waals surface area contributed by atoms with Gasteiger partial charge in [0.15, 0.2) is 5.60 Å². The molecule has 0 amide bonds. The molecule has 1 aliphatic heterocycles. The Morgan fingerprint density at radius 2 is 2.20 bits per heavy atom. The Bertz CT molecular complexity index is 465. The third kappa shape index (κ3) is 3.51. The summed E-state index contributed by atoms with van der Waals surface area (Å²) >= 11 is 0. The summed E-state index contributed by atoms with van der Waals surface area (Å²) in [5, 5.41) is 3.41. The minimum atomic E-state index is -0.974. The molecule has 4 nitrogen and oxygen atoms in total. The fourth-order valence-electron chi connectivity index (χ4n) is 2.55.